The normalized spacial score (nSPS) is 11.7. The Morgan fingerprint density at radius 2 is 1.74 bits per heavy atom. The summed E-state index contributed by atoms with van der Waals surface area (Å²) >= 11 is 1.52. The number of amides is 1. The van der Waals surface area contributed by atoms with Crippen LogP contribution in [0.2, 0.25) is 0 Å². The third-order valence-corrected chi connectivity index (χ3v) is 5.20. The van der Waals surface area contributed by atoms with E-state index in [1.807, 2.05) is 11.9 Å². The minimum Gasteiger partial charge on any atom is -0.337 e. The van der Waals surface area contributed by atoms with Crippen LogP contribution in [0.1, 0.15) is 38.8 Å². The Bertz CT molecular complexity index is 711. The lowest BCUT2D eigenvalue weighted by molar-refractivity contribution is -0.131. The molecule has 0 radical (unpaired) electrons. The van der Waals surface area contributed by atoms with Crippen LogP contribution >= 0.6 is 11.8 Å². The molecular weight excluding hydrogens is 306 g/mol. The molecule has 0 unspecified atom stereocenters. The van der Waals surface area contributed by atoms with Crippen LogP contribution in [0, 0.1) is 13.8 Å². The van der Waals surface area contributed by atoms with Gasteiger partial charge in [-0.2, -0.15) is 0 Å². The Morgan fingerprint density at radius 1 is 1.17 bits per heavy atom. The highest BCUT2D eigenvalue weighted by Gasteiger charge is 2.21. The van der Waals surface area contributed by atoms with Crippen LogP contribution in [-0.2, 0) is 11.8 Å². The van der Waals surface area contributed by atoms with Crippen molar-refractivity contribution in [2.24, 2.45) is 7.05 Å². The van der Waals surface area contributed by atoms with Gasteiger partial charge in [0, 0.05) is 19.1 Å². The minimum absolute atomic E-state index is 0.166. The summed E-state index contributed by atoms with van der Waals surface area (Å²) < 4.78 is 2.08. The average Bonchev–Trinajstić information content (AvgIpc) is 2.73. The molecule has 0 saturated carbocycles. The summed E-state index contributed by atoms with van der Waals surface area (Å²) in [6.45, 7) is 12.4. The number of imidazole rings is 1. The number of nitrogens with zero attached hydrogens (tertiary/aromatic N) is 3. The van der Waals surface area contributed by atoms with E-state index in [1.165, 1.54) is 22.9 Å². The molecule has 126 valence electrons. The number of hydrogen-bond acceptors (Lipinski definition) is 3. The van der Waals surface area contributed by atoms with Crippen LogP contribution in [0.25, 0.3) is 11.0 Å². The van der Waals surface area contributed by atoms with Gasteiger partial charge in [-0.1, -0.05) is 11.8 Å². The van der Waals surface area contributed by atoms with E-state index in [0.29, 0.717) is 5.75 Å². The second-order valence-corrected chi connectivity index (χ2v) is 7.60. The van der Waals surface area contributed by atoms with E-state index in [2.05, 4.69) is 58.2 Å². The fraction of sp³-hybridized carbons (Fsp3) is 0.556. The molecule has 0 aliphatic heterocycles. The van der Waals surface area contributed by atoms with Crippen LogP contribution in [0.5, 0.6) is 0 Å². The third kappa shape index (κ3) is 3.71. The Morgan fingerprint density at radius 3 is 2.30 bits per heavy atom. The average molecular weight is 334 g/mol. The largest absolute Gasteiger partial charge is 0.337 e. The maximum absolute atomic E-state index is 12.5. The number of hydrogen-bond donors (Lipinski definition) is 0. The molecule has 0 fully saturated rings. The number of thioether (sulfide) groups is 1. The van der Waals surface area contributed by atoms with E-state index >= 15 is 0 Å². The molecule has 0 bridgehead atoms. The van der Waals surface area contributed by atoms with Gasteiger partial charge >= 0.3 is 0 Å². The van der Waals surface area contributed by atoms with Crippen molar-refractivity contribution < 1.29 is 4.79 Å². The van der Waals surface area contributed by atoms with Crippen LogP contribution < -0.4 is 0 Å². The maximum atomic E-state index is 12.5. The predicted molar refractivity (Wildman–Crippen MR) is 98.0 cm³/mol. The topological polar surface area (TPSA) is 38.1 Å². The summed E-state index contributed by atoms with van der Waals surface area (Å²) in [7, 11) is 2.01. The molecule has 0 spiro atoms. The van der Waals surface area contributed by atoms with Crippen LogP contribution in [-0.4, -0.2) is 38.2 Å². The van der Waals surface area contributed by atoms with Gasteiger partial charge in [-0.3, -0.25) is 4.79 Å². The number of carbonyl (C=O) groups excluding carboxylic acids is 1. The highest BCUT2D eigenvalue weighted by atomic mass is 32.2. The summed E-state index contributed by atoms with van der Waals surface area (Å²) in [4.78, 5) is 19.1. The van der Waals surface area contributed by atoms with Gasteiger partial charge in [0.25, 0.3) is 0 Å². The highest BCUT2D eigenvalue weighted by Crippen LogP contribution is 2.25. The zero-order chi connectivity index (χ0) is 17.3. The van der Waals surface area contributed by atoms with Gasteiger partial charge in [0.05, 0.1) is 16.8 Å². The number of benzene rings is 1. The van der Waals surface area contributed by atoms with Gasteiger partial charge in [0.15, 0.2) is 5.16 Å². The molecule has 1 heterocycles. The van der Waals surface area contributed by atoms with Crippen molar-refractivity contribution in [3.05, 3.63) is 23.3 Å². The van der Waals surface area contributed by atoms with Gasteiger partial charge in [-0.25, -0.2) is 4.98 Å². The Kier molecular flexibility index (Phi) is 5.40. The Labute approximate surface area is 143 Å². The summed E-state index contributed by atoms with van der Waals surface area (Å²) in [5.74, 6) is 0.588. The fourth-order valence-corrected chi connectivity index (χ4v) is 3.78. The van der Waals surface area contributed by atoms with Crippen molar-refractivity contribution in [1.29, 1.82) is 0 Å². The van der Waals surface area contributed by atoms with E-state index in [4.69, 9.17) is 4.98 Å². The zero-order valence-electron chi connectivity index (χ0n) is 15.2. The molecule has 0 N–H and O–H groups in total. The van der Waals surface area contributed by atoms with Gasteiger partial charge in [0.2, 0.25) is 5.91 Å². The molecule has 1 aromatic carbocycles. The first-order chi connectivity index (χ1) is 10.7. The maximum Gasteiger partial charge on any atom is 0.233 e. The number of aryl methyl sites for hydroxylation is 3. The second-order valence-electron chi connectivity index (χ2n) is 6.66. The summed E-state index contributed by atoms with van der Waals surface area (Å²) in [5, 5.41) is 0.894. The molecule has 0 atom stereocenters. The van der Waals surface area contributed by atoms with Crippen molar-refractivity contribution in [3.8, 4) is 0 Å². The molecule has 0 saturated heterocycles. The molecule has 2 rings (SSSR count). The first-order valence-corrected chi connectivity index (χ1v) is 9.08. The lowest BCUT2D eigenvalue weighted by Gasteiger charge is -2.30. The van der Waals surface area contributed by atoms with E-state index in [9.17, 15) is 4.79 Å². The van der Waals surface area contributed by atoms with Crippen molar-refractivity contribution in [3.63, 3.8) is 0 Å². The van der Waals surface area contributed by atoms with Crippen molar-refractivity contribution in [2.75, 3.05) is 5.75 Å². The second kappa shape index (κ2) is 6.95. The SMILES string of the molecule is Cc1cc2nc(SCC(=O)N(C(C)C)C(C)C)n(C)c2cc1C. The molecular formula is C18H27N3OS. The van der Waals surface area contributed by atoms with Crippen molar-refractivity contribution >= 4 is 28.7 Å². The number of aromatic nitrogens is 2. The third-order valence-electron chi connectivity index (χ3n) is 4.18. The molecule has 0 aliphatic carbocycles. The van der Waals surface area contributed by atoms with Gasteiger partial charge in [0.1, 0.15) is 0 Å². The first kappa shape index (κ1) is 17.9. The lowest BCUT2D eigenvalue weighted by atomic mass is 10.1. The monoisotopic (exact) mass is 333 g/mol. The standard InChI is InChI=1S/C18H27N3OS/c1-11(2)21(12(3)4)17(22)10-23-18-19-15-8-13(5)14(6)9-16(15)20(18)7/h8-9,11-12H,10H2,1-7H3. The lowest BCUT2D eigenvalue weighted by Crippen LogP contribution is -2.43. The first-order valence-electron chi connectivity index (χ1n) is 8.10. The summed E-state index contributed by atoms with van der Waals surface area (Å²) in [6, 6.07) is 4.71. The van der Waals surface area contributed by atoms with E-state index in [1.54, 1.807) is 0 Å². The number of carbonyl (C=O) groups is 1. The van der Waals surface area contributed by atoms with Gasteiger partial charge < -0.3 is 9.47 Å². The molecule has 1 amide bonds. The predicted octanol–water partition coefficient (Wildman–Crippen LogP) is 3.93. The van der Waals surface area contributed by atoms with Gasteiger partial charge in [-0.05, 0) is 64.8 Å². The quantitative estimate of drug-likeness (QED) is 0.778. The Balaban J connectivity index is 2.19. The van der Waals surface area contributed by atoms with Crippen molar-refractivity contribution in [2.45, 2.75) is 58.8 Å². The van der Waals surface area contributed by atoms with Crippen LogP contribution in [0.3, 0.4) is 0 Å². The van der Waals surface area contributed by atoms with Crippen LogP contribution in [0.4, 0.5) is 0 Å². The molecule has 1 aromatic heterocycles. The Hall–Kier alpha value is -1.49. The smallest absolute Gasteiger partial charge is 0.233 e. The number of fused-ring (bicyclic) bond motifs is 1. The number of rotatable bonds is 5. The fourth-order valence-electron chi connectivity index (χ4n) is 2.93. The molecule has 2 aromatic rings. The van der Waals surface area contributed by atoms with E-state index in [-0.39, 0.29) is 18.0 Å². The van der Waals surface area contributed by atoms with Gasteiger partial charge in [-0.15, -0.1) is 0 Å². The van der Waals surface area contributed by atoms with Crippen LogP contribution in [0.15, 0.2) is 17.3 Å². The summed E-state index contributed by atoms with van der Waals surface area (Å²) in [6.07, 6.45) is 0. The molecule has 0 aliphatic rings. The van der Waals surface area contributed by atoms with E-state index < -0.39 is 0 Å². The zero-order valence-corrected chi connectivity index (χ0v) is 16.0. The molecule has 5 heteroatoms. The molecule has 23 heavy (non-hydrogen) atoms. The van der Waals surface area contributed by atoms with E-state index in [0.717, 1.165) is 16.2 Å². The minimum atomic E-state index is 0.166. The van der Waals surface area contributed by atoms with Crippen molar-refractivity contribution in [1.82, 2.24) is 14.5 Å². The molecule has 4 nitrogen and oxygen atoms in total. The summed E-state index contributed by atoms with van der Waals surface area (Å²) in [5.41, 5.74) is 4.62. The highest BCUT2D eigenvalue weighted by molar-refractivity contribution is 7.99.